The zero-order chi connectivity index (χ0) is 16.5. The normalized spacial score (nSPS) is 14.1. The van der Waals surface area contributed by atoms with Crippen LogP contribution in [0, 0.1) is 5.41 Å². The Morgan fingerprint density at radius 1 is 1.32 bits per heavy atom. The van der Waals surface area contributed by atoms with Crippen molar-refractivity contribution in [3.8, 4) is 0 Å². The first-order valence-corrected chi connectivity index (χ1v) is 8.30. The van der Waals surface area contributed by atoms with Crippen molar-refractivity contribution in [3.05, 3.63) is 30.3 Å². The van der Waals surface area contributed by atoms with E-state index in [1.54, 1.807) is 24.3 Å². The fourth-order valence-corrected chi connectivity index (χ4v) is 3.28. The summed E-state index contributed by atoms with van der Waals surface area (Å²) in [5.41, 5.74) is 0.102. The summed E-state index contributed by atoms with van der Waals surface area (Å²) in [4.78, 5) is 11.3. The van der Waals surface area contributed by atoms with Crippen LogP contribution < -0.4 is 4.72 Å². The lowest BCUT2D eigenvalue weighted by molar-refractivity contribution is -0.139. The van der Waals surface area contributed by atoms with E-state index in [1.165, 1.54) is 6.07 Å². The van der Waals surface area contributed by atoms with Crippen molar-refractivity contribution in [1.82, 2.24) is 4.72 Å². The summed E-state index contributed by atoms with van der Waals surface area (Å²) in [7, 11) is -4.04. The number of nitrogens with one attached hydrogen (secondary N) is 1. The van der Waals surface area contributed by atoms with Crippen molar-refractivity contribution in [2.45, 2.75) is 38.3 Å². The molecule has 0 fully saturated rings. The summed E-state index contributed by atoms with van der Waals surface area (Å²) >= 11 is 0. The van der Waals surface area contributed by atoms with Gasteiger partial charge in [-0.3, -0.25) is 4.79 Å². The number of sulfonamides is 1. The quantitative estimate of drug-likeness (QED) is 0.881. The minimum absolute atomic E-state index is 0.168. The van der Waals surface area contributed by atoms with Gasteiger partial charge in [0.15, 0.2) is 0 Å². The second-order valence-corrected chi connectivity index (χ2v) is 8.03. The van der Waals surface area contributed by atoms with Gasteiger partial charge in [-0.15, -0.1) is 0 Å². The molecule has 0 aliphatic carbocycles. The number of hydrogen-bond donors (Lipinski definition) is 2. The van der Waals surface area contributed by atoms with E-state index >= 15 is 0 Å². The summed E-state index contributed by atoms with van der Waals surface area (Å²) in [5, 5.41) is 9.59. The molecule has 2 N–H and O–H groups in total. The molecular weight excluding hydrogens is 306 g/mol. The number of rotatable bonds is 5. The fourth-order valence-electron chi connectivity index (χ4n) is 2.13. The molecule has 0 bridgehead atoms. The summed E-state index contributed by atoms with van der Waals surface area (Å²) in [5.74, 6) is -1.21. The molecule has 0 saturated carbocycles. The number of benzene rings is 1. The van der Waals surface area contributed by atoms with E-state index in [0.717, 1.165) is 0 Å². The Morgan fingerprint density at radius 2 is 1.95 bits per heavy atom. The van der Waals surface area contributed by atoms with E-state index in [0.29, 0.717) is 11.0 Å². The molecule has 0 aliphatic heterocycles. The van der Waals surface area contributed by atoms with Crippen LogP contribution in [0.5, 0.6) is 0 Å². The van der Waals surface area contributed by atoms with Gasteiger partial charge in [-0.05, 0) is 17.9 Å². The molecule has 2 aromatic rings. The van der Waals surface area contributed by atoms with Crippen molar-refractivity contribution in [3.63, 3.8) is 0 Å². The van der Waals surface area contributed by atoms with Crippen molar-refractivity contribution in [1.29, 1.82) is 0 Å². The molecule has 1 heterocycles. The van der Waals surface area contributed by atoms with Crippen molar-refractivity contribution in [2.24, 2.45) is 5.41 Å². The molecule has 0 radical (unpaired) electrons. The summed E-state index contributed by atoms with van der Waals surface area (Å²) in [6, 6.07) is 7.04. The predicted octanol–water partition coefficient (Wildman–Crippen LogP) is 2.60. The number of aliphatic carboxylic acids is 1. The van der Waals surface area contributed by atoms with Crippen LogP contribution in [0.15, 0.2) is 39.8 Å². The molecule has 120 valence electrons. The van der Waals surface area contributed by atoms with Gasteiger partial charge in [0.25, 0.3) is 10.0 Å². The molecule has 2 rings (SSSR count). The minimum atomic E-state index is -4.04. The van der Waals surface area contributed by atoms with Crippen LogP contribution in [0.3, 0.4) is 0 Å². The standard InChI is InChI=1S/C15H19NO5S/c1-15(2,3)9-11(14(17)18)16-22(19,20)13-8-10-6-4-5-7-12(10)21-13/h4-8,11,16H,9H2,1-3H3,(H,17,18)/t11-/m0/s1. The topological polar surface area (TPSA) is 96.6 Å². The maximum absolute atomic E-state index is 12.3. The average Bonchev–Trinajstić information content (AvgIpc) is 2.80. The summed E-state index contributed by atoms with van der Waals surface area (Å²) in [6.07, 6.45) is 0.168. The monoisotopic (exact) mass is 325 g/mol. The number of carboxylic acids is 1. The Labute approximate surface area is 129 Å². The molecule has 7 heteroatoms. The zero-order valence-corrected chi connectivity index (χ0v) is 13.5. The lowest BCUT2D eigenvalue weighted by atomic mass is 9.88. The zero-order valence-electron chi connectivity index (χ0n) is 12.7. The average molecular weight is 325 g/mol. The van der Waals surface area contributed by atoms with Crippen molar-refractivity contribution in [2.75, 3.05) is 0 Å². The van der Waals surface area contributed by atoms with Crippen LogP contribution in [0.4, 0.5) is 0 Å². The third kappa shape index (κ3) is 3.86. The molecule has 22 heavy (non-hydrogen) atoms. The second kappa shape index (κ2) is 5.73. The van der Waals surface area contributed by atoms with Crippen LogP contribution in [-0.4, -0.2) is 25.5 Å². The van der Waals surface area contributed by atoms with Crippen LogP contribution in [0.1, 0.15) is 27.2 Å². The number of furan rings is 1. The molecule has 6 nitrogen and oxygen atoms in total. The lowest BCUT2D eigenvalue weighted by Gasteiger charge is -2.23. The van der Waals surface area contributed by atoms with Gasteiger partial charge in [0, 0.05) is 11.5 Å². The van der Waals surface area contributed by atoms with Gasteiger partial charge in [-0.25, -0.2) is 8.42 Å². The largest absolute Gasteiger partial charge is 0.480 e. The van der Waals surface area contributed by atoms with E-state index in [2.05, 4.69) is 4.72 Å². The smallest absolute Gasteiger partial charge is 0.321 e. The second-order valence-electron chi connectivity index (χ2n) is 6.38. The highest BCUT2D eigenvalue weighted by Gasteiger charge is 2.31. The first-order valence-electron chi connectivity index (χ1n) is 6.82. The van der Waals surface area contributed by atoms with E-state index in [-0.39, 0.29) is 16.9 Å². The molecule has 1 atom stereocenters. The third-order valence-corrected chi connectivity index (χ3v) is 4.41. The van der Waals surface area contributed by atoms with E-state index in [4.69, 9.17) is 4.42 Å². The number of carboxylic acid groups (broad SMARTS) is 1. The Bertz CT molecular complexity index is 753. The highest BCUT2D eigenvalue weighted by atomic mass is 32.2. The molecule has 0 saturated heterocycles. The molecule has 0 spiro atoms. The maximum Gasteiger partial charge on any atom is 0.321 e. The Hall–Kier alpha value is -1.86. The highest BCUT2D eigenvalue weighted by Crippen LogP contribution is 2.25. The number of fused-ring (bicyclic) bond motifs is 1. The van der Waals surface area contributed by atoms with E-state index in [1.807, 2.05) is 20.8 Å². The summed E-state index contributed by atoms with van der Waals surface area (Å²) in [6.45, 7) is 5.54. The fraction of sp³-hybridized carbons (Fsp3) is 0.400. The van der Waals surface area contributed by atoms with Crippen molar-refractivity contribution >= 4 is 27.0 Å². The summed E-state index contributed by atoms with van der Waals surface area (Å²) < 4.78 is 32.2. The first-order chi connectivity index (χ1) is 10.1. The van der Waals surface area contributed by atoms with Gasteiger partial charge in [0.1, 0.15) is 11.6 Å². The molecule has 1 aromatic heterocycles. The first kappa shape index (κ1) is 16.5. The molecule has 0 aliphatic rings. The van der Waals surface area contributed by atoms with Crippen LogP contribution in [-0.2, 0) is 14.8 Å². The predicted molar refractivity (Wildman–Crippen MR) is 82.0 cm³/mol. The van der Waals surface area contributed by atoms with Gasteiger partial charge >= 0.3 is 5.97 Å². The highest BCUT2D eigenvalue weighted by molar-refractivity contribution is 7.89. The molecule has 1 aromatic carbocycles. The van der Waals surface area contributed by atoms with Gasteiger partial charge in [0.2, 0.25) is 5.09 Å². The number of hydrogen-bond acceptors (Lipinski definition) is 4. The van der Waals surface area contributed by atoms with Crippen LogP contribution in [0.2, 0.25) is 0 Å². The molecule has 0 amide bonds. The van der Waals surface area contributed by atoms with Crippen molar-refractivity contribution < 1.29 is 22.7 Å². The van der Waals surface area contributed by atoms with Gasteiger partial charge in [0.05, 0.1) is 0 Å². The van der Waals surface area contributed by atoms with Gasteiger partial charge < -0.3 is 9.52 Å². The SMILES string of the molecule is CC(C)(C)C[C@H](NS(=O)(=O)c1cc2ccccc2o1)C(=O)O. The Balaban J connectivity index is 2.30. The number of para-hydroxylation sites is 1. The van der Waals surface area contributed by atoms with Crippen LogP contribution >= 0.6 is 0 Å². The molecule has 0 unspecified atom stereocenters. The van der Waals surface area contributed by atoms with Gasteiger partial charge in [-0.1, -0.05) is 39.0 Å². The Kier molecular flexibility index (Phi) is 4.30. The van der Waals surface area contributed by atoms with E-state index < -0.39 is 22.0 Å². The lowest BCUT2D eigenvalue weighted by Crippen LogP contribution is -2.42. The Morgan fingerprint density at radius 3 is 2.50 bits per heavy atom. The van der Waals surface area contributed by atoms with Gasteiger partial charge in [-0.2, -0.15) is 4.72 Å². The molecular formula is C15H19NO5S. The third-order valence-electron chi connectivity index (χ3n) is 3.08. The minimum Gasteiger partial charge on any atom is -0.480 e. The van der Waals surface area contributed by atoms with Crippen LogP contribution in [0.25, 0.3) is 11.0 Å². The van der Waals surface area contributed by atoms with E-state index in [9.17, 15) is 18.3 Å². The maximum atomic E-state index is 12.3. The number of carbonyl (C=O) groups is 1.